The van der Waals surface area contributed by atoms with Gasteiger partial charge in [-0.2, -0.15) is 5.26 Å². The van der Waals surface area contributed by atoms with Crippen LogP contribution in [0.2, 0.25) is 0 Å². The Kier molecular flexibility index (Phi) is 3.61. The molecular weight excluding hydrogens is 278 g/mol. The van der Waals surface area contributed by atoms with Gasteiger partial charge in [0.25, 0.3) is 5.91 Å². The lowest BCUT2D eigenvalue weighted by molar-refractivity contribution is -0.134. The number of amides is 3. The molecule has 1 aromatic carbocycles. The third-order valence-corrected chi connectivity index (χ3v) is 4.90. The van der Waals surface area contributed by atoms with Crippen LogP contribution in [0.5, 0.6) is 0 Å². The van der Waals surface area contributed by atoms with Gasteiger partial charge < -0.3 is 5.32 Å². The molecule has 1 saturated carbocycles. The summed E-state index contributed by atoms with van der Waals surface area (Å²) in [5, 5.41) is 11.9. The van der Waals surface area contributed by atoms with Crippen molar-refractivity contribution in [1.82, 2.24) is 10.2 Å². The van der Waals surface area contributed by atoms with E-state index >= 15 is 0 Å². The number of urea groups is 1. The van der Waals surface area contributed by atoms with Crippen molar-refractivity contribution in [1.29, 1.82) is 5.26 Å². The molecule has 1 N–H and O–H groups in total. The second kappa shape index (κ2) is 5.45. The summed E-state index contributed by atoms with van der Waals surface area (Å²) in [7, 11) is 0. The number of carbonyl (C=O) groups excluding carboxylic acids is 2. The van der Waals surface area contributed by atoms with E-state index in [1.54, 1.807) is 18.2 Å². The molecule has 1 aromatic rings. The van der Waals surface area contributed by atoms with Crippen LogP contribution >= 0.6 is 0 Å². The Labute approximate surface area is 129 Å². The zero-order valence-electron chi connectivity index (χ0n) is 12.6. The third kappa shape index (κ3) is 2.25. The number of nitrogens with zero attached hydrogens (tertiary/aromatic N) is 2. The predicted octanol–water partition coefficient (Wildman–Crippen LogP) is 2.56. The van der Waals surface area contributed by atoms with Gasteiger partial charge in [-0.05, 0) is 36.5 Å². The Morgan fingerprint density at radius 2 is 2.23 bits per heavy atom. The van der Waals surface area contributed by atoms with E-state index in [0.717, 1.165) is 24.8 Å². The number of nitrogens with one attached hydrogen (secondary N) is 1. The van der Waals surface area contributed by atoms with Gasteiger partial charge in [0, 0.05) is 0 Å². The van der Waals surface area contributed by atoms with Crippen LogP contribution in [-0.2, 0) is 11.3 Å². The van der Waals surface area contributed by atoms with Crippen molar-refractivity contribution >= 4 is 11.9 Å². The van der Waals surface area contributed by atoms with Crippen LogP contribution in [0.4, 0.5) is 4.79 Å². The highest BCUT2D eigenvalue weighted by Gasteiger charge is 2.54. The van der Waals surface area contributed by atoms with Crippen LogP contribution < -0.4 is 5.32 Å². The topological polar surface area (TPSA) is 73.2 Å². The monoisotopic (exact) mass is 297 g/mol. The largest absolute Gasteiger partial charge is 0.325 e. The third-order valence-electron chi connectivity index (χ3n) is 4.90. The van der Waals surface area contributed by atoms with Gasteiger partial charge >= 0.3 is 6.03 Å². The lowest BCUT2D eigenvalue weighted by Gasteiger charge is -2.36. The first kappa shape index (κ1) is 14.6. The maximum absolute atomic E-state index is 12.8. The maximum atomic E-state index is 12.8. The number of rotatable bonds is 2. The Morgan fingerprint density at radius 1 is 1.41 bits per heavy atom. The summed E-state index contributed by atoms with van der Waals surface area (Å²) < 4.78 is 0. The molecule has 0 bridgehead atoms. The Morgan fingerprint density at radius 3 is 2.95 bits per heavy atom. The molecule has 22 heavy (non-hydrogen) atoms. The van der Waals surface area contributed by atoms with Crippen LogP contribution in [0, 0.1) is 17.2 Å². The highest BCUT2D eigenvalue weighted by Crippen LogP contribution is 2.38. The minimum absolute atomic E-state index is 0.118. The molecule has 3 rings (SSSR count). The number of nitriles is 1. The van der Waals surface area contributed by atoms with Gasteiger partial charge in [-0.15, -0.1) is 0 Å². The summed E-state index contributed by atoms with van der Waals surface area (Å²) >= 11 is 0. The molecule has 1 heterocycles. The average molecular weight is 297 g/mol. The van der Waals surface area contributed by atoms with Crippen molar-refractivity contribution in [3.05, 3.63) is 35.4 Å². The molecule has 1 aliphatic heterocycles. The molecule has 0 radical (unpaired) electrons. The van der Waals surface area contributed by atoms with E-state index in [1.807, 2.05) is 13.0 Å². The predicted molar refractivity (Wildman–Crippen MR) is 80.6 cm³/mol. The smallest absolute Gasteiger partial charge is 0.323 e. The van der Waals surface area contributed by atoms with Crippen molar-refractivity contribution in [2.45, 2.75) is 44.7 Å². The maximum Gasteiger partial charge on any atom is 0.325 e. The van der Waals surface area contributed by atoms with Crippen molar-refractivity contribution in [2.24, 2.45) is 5.92 Å². The summed E-state index contributed by atoms with van der Waals surface area (Å²) in [6.45, 7) is 2.26. The fourth-order valence-corrected chi connectivity index (χ4v) is 3.56. The molecule has 1 spiro atoms. The lowest BCUT2D eigenvalue weighted by Crippen LogP contribution is -2.53. The molecule has 114 valence electrons. The summed E-state index contributed by atoms with van der Waals surface area (Å²) in [4.78, 5) is 26.4. The van der Waals surface area contributed by atoms with E-state index in [-0.39, 0.29) is 24.4 Å². The van der Waals surface area contributed by atoms with E-state index in [1.165, 1.54) is 4.90 Å². The molecule has 2 atom stereocenters. The quantitative estimate of drug-likeness (QED) is 0.853. The van der Waals surface area contributed by atoms with Gasteiger partial charge in [-0.25, -0.2) is 4.79 Å². The van der Waals surface area contributed by atoms with Gasteiger partial charge in [0.2, 0.25) is 0 Å². The van der Waals surface area contributed by atoms with Gasteiger partial charge in [0.1, 0.15) is 5.54 Å². The zero-order chi connectivity index (χ0) is 15.7. The first-order chi connectivity index (χ1) is 10.6. The van der Waals surface area contributed by atoms with Gasteiger partial charge in [0.15, 0.2) is 0 Å². The molecular formula is C17H19N3O2. The molecule has 1 aliphatic carbocycles. The zero-order valence-corrected chi connectivity index (χ0v) is 12.6. The Hall–Kier alpha value is -2.35. The van der Waals surface area contributed by atoms with Gasteiger partial charge in [-0.3, -0.25) is 9.69 Å². The SMILES string of the molecule is C[C@H]1CCCC[C@]12NC(=O)N(Cc1cccc(C#N)c1)C2=O. The highest BCUT2D eigenvalue weighted by atomic mass is 16.2. The average Bonchev–Trinajstić information content (AvgIpc) is 2.76. The van der Waals surface area contributed by atoms with E-state index in [0.29, 0.717) is 12.0 Å². The first-order valence-corrected chi connectivity index (χ1v) is 7.70. The normalized spacial score (nSPS) is 27.8. The molecule has 2 aliphatic rings. The fourth-order valence-electron chi connectivity index (χ4n) is 3.56. The van der Waals surface area contributed by atoms with Crippen LogP contribution in [-0.4, -0.2) is 22.4 Å². The fraction of sp³-hybridized carbons (Fsp3) is 0.471. The number of carbonyl (C=O) groups is 2. The summed E-state index contributed by atoms with van der Waals surface area (Å²) in [6.07, 6.45) is 3.75. The molecule has 5 heteroatoms. The van der Waals surface area contributed by atoms with Crippen LogP contribution in [0.15, 0.2) is 24.3 Å². The molecule has 5 nitrogen and oxygen atoms in total. The number of benzene rings is 1. The van der Waals surface area contributed by atoms with E-state index in [4.69, 9.17) is 5.26 Å². The van der Waals surface area contributed by atoms with Gasteiger partial charge in [-0.1, -0.05) is 31.9 Å². The van der Waals surface area contributed by atoms with Gasteiger partial charge in [0.05, 0.1) is 18.2 Å². The second-order valence-corrected chi connectivity index (χ2v) is 6.25. The van der Waals surface area contributed by atoms with Crippen molar-refractivity contribution in [3.63, 3.8) is 0 Å². The summed E-state index contributed by atoms with van der Waals surface area (Å²) in [6, 6.07) is 8.78. The van der Waals surface area contributed by atoms with Crippen LogP contribution in [0.1, 0.15) is 43.7 Å². The minimum atomic E-state index is -0.720. The molecule has 1 saturated heterocycles. The Balaban J connectivity index is 1.84. The second-order valence-electron chi connectivity index (χ2n) is 6.25. The van der Waals surface area contributed by atoms with Crippen LogP contribution in [0.25, 0.3) is 0 Å². The van der Waals surface area contributed by atoms with E-state index < -0.39 is 5.54 Å². The summed E-state index contributed by atoms with van der Waals surface area (Å²) in [5.74, 6) is 0.0419. The highest BCUT2D eigenvalue weighted by molar-refractivity contribution is 6.07. The summed E-state index contributed by atoms with van der Waals surface area (Å²) in [5.41, 5.74) is 0.607. The van der Waals surface area contributed by atoms with Crippen LogP contribution in [0.3, 0.4) is 0 Å². The van der Waals surface area contributed by atoms with E-state index in [9.17, 15) is 9.59 Å². The Bertz CT molecular complexity index is 664. The van der Waals surface area contributed by atoms with Crippen molar-refractivity contribution in [2.75, 3.05) is 0 Å². The lowest BCUT2D eigenvalue weighted by atomic mass is 9.73. The first-order valence-electron chi connectivity index (χ1n) is 7.70. The molecule has 0 unspecified atom stereocenters. The number of imide groups is 1. The van der Waals surface area contributed by atoms with E-state index in [2.05, 4.69) is 11.4 Å². The minimum Gasteiger partial charge on any atom is -0.323 e. The standard InChI is InChI=1S/C17H19N3O2/c1-12-5-2-3-8-17(12)15(21)20(16(22)19-17)11-14-7-4-6-13(9-14)10-18/h4,6-7,9,12H,2-3,5,8,11H2,1H3,(H,19,22)/t12-,17-/m0/s1. The van der Waals surface area contributed by atoms with Crippen molar-refractivity contribution in [3.8, 4) is 6.07 Å². The molecule has 0 aromatic heterocycles. The number of hydrogen-bond acceptors (Lipinski definition) is 3. The van der Waals surface area contributed by atoms with Crippen molar-refractivity contribution < 1.29 is 9.59 Å². The molecule has 3 amide bonds. The number of hydrogen-bond donors (Lipinski definition) is 1. The molecule has 2 fully saturated rings.